The summed E-state index contributed by atoms with van der Waals surface area (Å²) < 4.78 is 15.8. The quantitative estimate of drug-likeness (QED) is 0.681. The summed E-state index contributed by atoms with van der Waals surface area (Å²) >= 11 is 0. The number of hydrogen-bond donors (Lipinski definition) is 1. The molecule has 0 amide bonds. The average molecular weight is 270 g/mol. The summed E-state index contributed by atoms with van der Waals surface area (Å²) in [5, 5.41) is 3.06. The first-order valence-electron chi connectivity index (χ1n) is 6.44. The Bertz CT molecular complexity index is 374. The van der Waals surface area contributed by atoms with E-state index in [0.717, 1.165) is 13.0 Å². The molecule has 1 rings (SSSR count). The van der Waals surface area contributed by atoms with Crippen LogP contribution in [-0.2, 0) is 4.74 Å². The van der Waals surface area contributed by atoms with Crippen LogP contribution in [0.5, 0.6) is 12.0 Å². The van der Waals surface area contributed by atoms with Gasteiger partial charge in [-0.25, -0.2) is 0 Å². The fraction of sp³-hybridized carbons (Fsp3) is 0.750. The van der Waals surface area contributed by atoms with E-state index in [4.69, 9.17) is 14.2 Å². The molecule has 0 spiro atoms. The van der Waals surface area contributed by atoms with Gasteiger partial charge >= 0.3 is 12.0 Å². The van der Waals surface area contributed by atoms with Gasteiger partial charge in [0, 0.05) is 6.54 Å². The molecule has 1 N–H and O–H groups in total. The molecule has 108 valence electrons. The molecule has 1 aromatic heterocycles. The maximum absolute atomic E-state index is 5.41. The molecule has 0 bridgehead atoms. The summed E-state index contributed by atoms with van der Waals surface area (Å²) in [4.78, 5) is 12.2. The van der Waals surface area contributed by atoms with E-state index in [1.165, 1.54) is 7.11 Å². The van der Waals surface area contributed by atoms with E-state index in [-0.39, 0.29) is 18.1 Å². The summed E-state index contributed by atoms with van der Waals surface area (Å²) in [5.74, 6) is 0.452. The summed E-state index contributed by atoms with van der Waals surface area (Å²) in [5.41, 5.74) is 0. The third kappa shape index (κ3) is 6.19. The van der Waals surface area contributed by atoms with Gasteiger partial charge in [0.25, 0.3) is 0 Å². The first kappa shape index (κ1) is 15.4. The number of methoxy groups -OCH3 is 1. The van der Waals surface area contributed by atoms with Gasteiger partial charge in [-0.05, 0) is 20.3 Å². The van der Waals surface area contributed by atoms with Crippen LogP contribution in [0.1, 0.15) is 27.2 Å². The van der Waals surface area contributed by atoms with Crippen molar-refractivity contribution in [3.63, 3.8) is 0 Å². The van der Waals surface area contributed by atoms with E-state index in [0.29, 0.717) is 19.2 Å². The average Bonchev–Trinajstić information content (AvgIpc) is 2.41. The number of nitrogens with zero attached hydrogens (tertiary/aromatic N) is 3. The zero-order valence-corrected chi connectivity index (χ0v) is 12.0. The van der Waals surface area contributed by atoms with E-state index in [1.807, 2.05) is 13.8 Å². The van der Waals surface area contributed by atoms with Crippen molar-refractivity contribution in [3.8, 4) is 12.0 Å². The molecular weight excluding hydrogens is 248 g/mol. The Labute approximate surface area is 113 Å². The van der Waals surface area contributed by atoms with E-state index >= 15 is 0 Å². The number of anilines is 1. The second kappa shape index (κ2) is 8.47. The van der Waals surface area contributed by atoms with Gasteiger partial charge in [-0.3, -0.25) is 0 Å². The standard InChI is InChI=1S/C12H22N4O3/c1-5-6-13-10-14-11(17-4)16-12(15-10)19-8-7-18-9(2)3/h9H,5-8H2,1-4H3,(H,13,14,15,16). The zero-order valence-electron chi connectivity index (χ0n) is 12.0. The van der Waals surface area contributed by atoms with Gasteiger partial charge in [0.15, 0.2) is 0 Å². The fourth-order valence-corrected chi connectivity index (χ4v) is 1.23. The highest BCUT2D eigenvalue weighted by Gasteiger charge is 2.07. The van der Waals surface area contributed by atoms with Crippen molar-refractivity contribution < 1.29 is 14.2 Å². The normalized spacial score (nSPS) is 10.6. The fourth-order valence-electron chi connectivity index (χ4n) is 1.23. The molecule has 0 aliphatic carbocycles. The molecule has 0 fully saturated rings. The second-order valence-corrected chi connectivity index (χ2v) is 4.12. The van der Waals surface area contributed by atoms with Gasteiger partial charge < -0.3 is 19.5 Å². The molecule has 1 heterocycles. The van der Waals surface area contributed by atoms with Crippen LogP contribution in [0.2, 0.25) is 0 Å². The Morgan fingerprint density at radius 3 is 2.47 bits per heavy atom. The summed E-state index contributed by atoms with van der Waals surface area (Å²) in [7, 11) is 1.50. The van der Waals surface area contributed by atoms with Crippen molar-refractivity contribution in [2.75, 3.05) is 32.2 Å². The summed E-state index contributed by atoms with van der Waals surface area (Å²) in [6, 6.07) is 0.464. The van der Waals surface area contributed by atoms with Crippen LogP contribution >= 0.6 is 0 Å². The van der Waals surface area contributed by atoms with Gasteiger partial charge in [-0.2, -0.15) is 9.97 Å². The lowest BCUT2D eigenvalue weighted by Crippen LogP contribution is -2.14. The highest BCUT2D eigenvalue weighted by molar-refractivity contribution is 5.27. The molecule has 0 saturated carbocycles. The van der Waals surface area contributed by atoms with Gasteiger partial charge in [0.1, 0.15) is 6.61 Å². The maximum atomic E-state index is 5.41. The SMILES string of the molecule is CCCNc1nc(OC)nc(OCCOC(C)C)n1. The van der Waals surface area contributed by atoms with Crippen LogP contribution in [0.4, 0.5) is 5.95 Å². The molecule has 1 aromatic rings. The van der Waals surface area contributed by atoms with Crippen molar-refractivity contribution in [1.82, 2.24) is 15.0 Å². The Hall–Kier alpha value is -1.63. The number of rotatable bonds is 9. The van der Waals surface area contributed by atoms with Gasteiger partial charge in [0.05, 0.1) is 19.8 Å². The molecule has 0 aromatic carbocycles. The second-order valence-electron chi connectivity index (χ2n) is 4.12. The van der Waals surface area contributed by atoms with Gasteiger partial charge in [0.2, 0.25) is 5.95 Å². The molecule has 0 atom stereocenters. The maximum Gasteiger partial charge on any atom is 0.324 e. The van der Waals surface area contributed by atoms with Crippen molar-refractivity contribution in [2.24, 2.45) is 0 Å². The monoisotopic (exact) mass is 270 g/mol. The zero-order chi connectivity index (χ0) is 14.1. The minimum absolute atomic E-state index is 0.179. The van der Waals surface area contributed by atoms with Crippen molar-refractivity contribution in [2.45, 2.75) is 33.3 Å². The van der Waals surface area contributed by atoms with Crippen LogP contribution in [-0.4, -0.2) is 47.9 Å². The van der Waals surface area contributed by atoms with Crippen molar-refractivity contribution in [3.05, 3.63) is 0 Å². The minimum Gasteiger partial charge on any atom is -0.467 e. The lowest BCUT2D eigenvalue weighted by atomic mass is 10.5. The Kier molecular flexibility index (Phi) is 6.88. The number of aromatic nitrogens is 3. The molecule has 0 saturated heterocycles. The van der Waals surface area contributed by atoms with E-state index in [1.54, 1.807) is 0 Å². The largest absolute Gasteiger partial charge is 0.467 e. The van der Waals surface area contributed by atoms with Crippen molar-refractivity contribution >= 4 is 5.95 Å². The molecule has 0 radical (unpaired) electrons. The molecule has 7 nitrogen and oxygen atoms in total. The number of hydrogen-bond acceptors (Lipinski definition) is 7. The molecule has 19 heavy (non-hydrogen) atoms. The molecular formula is C12H22N4O3. The smallest absolute Gasteiger partial charge is 0.324 e. The third-order valence-corrected chi connectivity index (χ3v) is 2.08. The van der Waals surface area contributed by atoms with Gasteiger partial charge in [-0.15, -0.1) is 4.98 Å². The Balaban J connectivity index is 2.55. The summed E-state index contributed by atoms with van der Waals surface area (Å²) in [6.07, 6.45) is 1.16. The van der Waals surface area contributed by atoms with Crippen LogP contribution < -0.4 is 14.8 Å². The van der Waals surface area contributed by atoms with Crippen molar-refractivity contribution in [1.29, 1.82) is 0 Å². The lowest BCUT2D eigenvalue weighted by Gasteiger charge is -2.10. The molecule has 0 aliphatic rings. The Morgan fingerprint density at radius 1 is 1.11 bits per heavy atom. The highest BCUT2D eigenvalue weighted by atomic mass is 16.5. The van der Waals surface area contributed by atoms with E-state index in [2.05, 4.69) is 27.2 Å². The molecule has 0 aliphatic heterocycles. The van der Waals surface area contributed by atoms with Gasteiger partial charge in [-0.1, -0.05) is 6.92 Å². The number of ether oxygens (including phenoxy) is 3. The highest BCUT2D eigenvalue weighted by Crippen LogP contribution is 2.12. The number of nitrogens with one attached hydrogen (secondary N) is 1. The van der Waals surface area contributed by atoms with E-state index < -0.39 is 0 Å². The topological polar surface area (TPSA) is 78.4 Å². The van der Waals surface area contributed by atoms with Crippen LogP contribution in [0, 0.1) is 0 Å². The third-order valence-electron chi connectivity index (χ3n) is 2.08. The predicted molar refractivity (Wildman–Crippen MR) is 71.7 cm³/mol. The van der Waals surface area contributed by atoms with Crippen LogP contribution in [0.3, 0.4) is 0 Å². The predicted octanol–water partition coefficient (Wildman–Crippen LogP) is 1.51. The van der Waals surface area contributed by atoms with Crippen LogP contribution in [0.15, 0.2) is 0 Å². The Morgan fingerprint density at radius 2 is 1.84 bits per heavy atom. The minimum atomic E-state index is 0.179. The van der Waals surface area contributed by atoms with E-state index in [9.17, 15) is 0 Å². The molecule has 0 unspecified atom stereocenters. The lowest BCUT2D eigenvalue weighted by molar-refractivity contribution is 0.0529. The first-order valence-corrected chi connectivity index (χ1v) is 6.44. The summed E-state index contributed by atoms with van der Waals surface area (Å²) in [6.45, 7) is 7.66. The first-order chi connectivity index (χ1) is 9.15. The van der Waals surface area contributed by atoms with Crippen LogP contribution in [0.25, 0.3) is 0 Å². The molecule has 7 heteroatoms.